The minimum Gasteiger partial charge on any atom is -0.480 e. The molecule has 1 aliphatic carbocycles. The summed E-state index contributed by atoms with van der Waals surface area (Å²) in [5, 5.41) is 14.3. The van der Waals surface area contributed by atoms with Crippen LogP contribution in [0.4, 0.5) is 4.79 Å². The molecule has 0 heterocycles. The standard InChI is InChI=1S/C24H29N5O5S/c25-23(26)27-11-5-10-19(22(31)32)28-21(30)20(13-35)29-24(33)34-12-18-16-8-3-1-6-14(16)15-7-2-4-9-17(15)18/h1-4,6-9,18-20,35H,5,10-13H2,(H,28,30)(H,29,33)(H,31,32)(H4,25,26,27)/t19-,20-/m0/s1. The zero-order valence-electron chi connectivity index (χ0n) is 19.0. The Morgan fingerprint density at radius 3 is 2.14 bits per heavy atom. The third-order valence-corrected chi connectivity index (χ3v) is 6.06. The zero-order chi connectivity index (χ0) is 25.4. The number of ether oxygens (including phenoxy) is 1. The van der Waals surface area contributed by atoms with Crippen molar-refractivity contribution in [1.82, 2.24) is 10.6 Å². The van der Waals surface area contributed by atoms with Crippen LogP contribution in [0.15, 0.2) is 53.5 Å². The topological polar surface area (TPSA) is 169 Å². The molecule has 0 saturated heterocycles. The second kappa shape index (κ2) is 12.1. The van der Waals surface area contributed by atoms with Crippen LogP contribution >= 0.6 is 12.6 Å². The summed E-state index contributed by atoms with van der Waals surface area (Å²) in [5.74, 6) is -2.15. The number of guanidine groups is 1. The molecule has 0 fully saturated rings. The van der Waals surface area contributed by atoms with Crippen LogP contribution in [0.1, 0.15) is 29.9 Å². The van der Waals surface area contributed by atoms with Gasteiger partial charge in [-0.15, -0.1) is 0 Å². The molecule has 1 aliphatic rings. The zero-order valence-corrected chi connectivity index (χ0v) is 19.9. The lowest BCUT2D eigenvalue weighted by molar-refractivity contribution is -0.142. The maximum absolute atomic E-state index is 12.6. The quantitative estimate of drug-likeness (QED) is 0.118. The highest BCUT2D eigenvalue weighted by Crippen LogP contribution is 2.44. The summed E-state index contributed by atoms with van der Waals surface area (Å²) in [5.41, 5.74) is 14.8. The van der Waals surface area contributed by atoms with E-state index in [2.05, 4.69) is 28.3 Å². The second-order valence-electron chi connectivity index (χ2n) is 8.05. The van der Waals surface area contributed by atoms with Gasteiger partial charge in [0.1, 0.15) is 18.7 Å². The number of nitrogens with one attached hydrogen (secondary N) is 2. The lowest BCUT2D eigenvalue weighted by Crippen LogP contribution is -2.52. The number of hydrogen-bond acceptors (Lipinski definition) is 6. The number of rotatable bonds is 11. The Kier molecular flexibility index (Phi) is 8.96. The van der Waals surface area contributed by atoms with Gasteiger partial charge in [0, 0.05) is 18.2 Å². The number of aliphatic carboxylic acids is 1. The molecule has 11 heteroatoms. The Morgan fingerprint density at radius 2 is 1.60 bits per heavy atom. The first kappa shape index (κ1) is 25.9. The van der Waals surface area contributed by atoms with Crippen molar-refractivity contribution in [2.24, 2.45) is 16.5 Å². The highest BCUT2D eigenvalue weighted by molar-refractivity contribution is 7.80. The molecule has 3 rings (SSSR count). The predicted molar refractivity (Wildman–Crippen MR) is 135 cm³/mol. The predicted octanol–water partition coefficient (Wildman–Crippen LogP) is 1.45. The molecule has 2 aromatic rings. The molecule has 35 heavy (non-hydrogen) atoms. The number of hydrogen-bond donors (Lipinski definition) is 6. The van der Waals surface area contributed by atoms with E-state index in [0.717, 1.165) is 22.3 Å². The van der Waals surface area contributed by atoms with Gasteiger partial charge < -0.3 is 31.9 Å². The van der Waals surface area contributed by atoms with E-state index in [1.54, 1.807) is 0 Å². The van der Waals surface area contributed by atoms with Crippen molar-refractivity contribution in [3.63, 3.8) is 0 Å². The molecule has 2 aromatic carbocycles. The van der Waals surface area contributed by atoms with Crippen LogP contribution in [0.25, 0.3) is 11.1 Å². The van der Waals surface area contributed by atoms with E-state index >= 15 is 0 Å². The van der Waals surface area contributed by atoms with Crippen molar-refractivity contribution in [2.45, 2.75) is 30.8 Å². The van der Waals surface area contributed by atoms with E-state index in [1.807, 2.05) is 48.5 Å². The van der Waals surface area contributed by atoms with Gasteiger partial charge in [0.15, 0.2) is 5.96 Å². The molecular weight excluding hydrogens is 470 g/mol. The fraction of sp³-hybridized carbons (Fsp3) is 0.333. The van der Waals surface area contributed by atoms with Gasteiger partial charge >= 0.3 is 12.1 Å². The number of fused-ring (bicyclic) bond motifs is 3. The van der Waals surface area contributed by atoms with E-state index in [1.165, 1.54) is 0 Å². The molecule has 2 amide bonds. The van der Waals surface area contributed by atoms with Gasteiger partial charge in [-0.25, -0.2) is 9.59 Å². The Labute approximate surface area is 208 Å². The Balaban J connectivity index is 1.56. The fourth-order valence-electron chi connectivity index (χ4n) is 4.01. The second-order valence-corrected chi connectivity index (χ2v) is 8.42. The average molecular weight is 500 g/mol. The first-order valence-electron chi connectivity index (χ1n) is 11.1. The molecule has 2 atom stereocenters. The molecule has 0 aromatic heterocycles. The molecule has 10 nitrogen and oxygen atoms in total. The number of thiol groups is 1. The lowest BCUT2D eigenvalue weighted by Gasteiger charge is -2.21. The Morgan fingerprint density at radius 1 is 1.00 bits per heavy atom. The molecule has 7 N–H and O–H groups in total. The van der Waals surface area contributed by atoms with Crippen molar-refractivity contribution in [1.29, 1.82) is 0 Å². The number of nitrogens with zero attached hydrogens (tertiary/aromatic N) is 1. The summed E-state index contributed by atoms with van der Waals surface area (Å²) >= 11 is 4.12. The van der Waals surface area contributed by atoms with Crippen molar-refractivity contribution >= 4 is 36.6 Å². The van der Waals surface area contributed by atoms with E-state index in [4.69, 9.17) is 16.2 Å². The van der Waals surface area contributed by atoms with Crippen molar-refractivity contribution < 1.29 is 24.2 Å². The van der Waals surface area contributed by atoms with Crippen molar-refractivity contribution in [3.8, 4) is 11.1 Å². The summed E-state index contributed by atoms with van der Waals surface area (Å²) in [7, 11) is 0. The smallest absolute Gasteiger partial charge is 0.407 e. The minimum absolute atomic E-state index is 0.0453. The van der Waals surface area contributed by atoms with Gasteiger partial charge in [-0.05, 0) is 35.1 Å². The van der Waals surface area contributed by atoms with Gasteiger partial charge in [-0.2, -0.15) is 12.6 Å². The number of amides is 2. The van der Waals surface area contributed by atoms with Gasteiger partial charge in [0.25, 0.3) is 0 Å². The normalized spacial score (nSPS) is 13.6. The lowest BCUT2D eigenvalue weighted by atomic mass is 9.98. The Bertz CT molecular complexity index is 1060. The monoisotopic (exact) mass is 499 g/mol. The van der Waals surface area contributed by atoms with E-state index in [-0.39, 0.29) is 37.2 Å². The van der Waals surface area contributed by atoms with Gasteiger partial charge in [-0.1, -0.05) is 48.5 Å². The summed E-state index contributed by atoms with van der Waals surface area (Å²) in [6.45, 7) is 0.319. The van der Waals surface area contributed by atoms with Gasteiger partial charge in [-0.3, -0.25) is 9.79 Å². The first-order valence-corrected chi connectivity index (χ1v) is 11.8. The maximum Gasteiger partial charge on any atom is 0.407 e. The summed E-state index contributed by atoms with van der Waals surface area (Å²) < 4.78 is 5.46. The number of carboxylic acid groups (broad SMARTS) is 1. The molecule has 0 radical (unpaired) electrons. The molecule has 0 spiro atoms. The third-order valence-electron chi connectivity index (χ3n) is 5.69. The maximum atomic E-state index is 12.6. The number of benzene rings is 2. The molecule has 0 saturated carbocycles. The van der Waals surface area contributed by atoms with Crippen LogP contribution in [-0.4, -0.2) is 60.0 Å². The summed E-state index contributed by atoms with van der Waals surface area (Å²) in [4.78, 5) is 40.4. The van der Waals surface area contributed by atoms with Crippen LogP contribution in [-0.2, 0) is 14.3 Å². The van der Waals surface area contributed by atoms with E-state index in [0.29, 0.717) is 6.42 Å². The number of nitrogens with two attached hydrogens (primary N) is 2. The summed E-state index contributed by atoms with van der Waals surface area (Å²) in [6, 6.07) is 13.6. The fourth-order valence-corrected chi connectivity index (χ4v) is 4.27. The van der Waals surface area contributed by atoms with Gasteiger partial charge in [0.2, 0.25) is 5.91 Å². The Hall–Kier alpha value is -3.73. The minimum atomic E-state index is -1.21. The van der Waals surface area contributed by atoms with Crippen LogP contribution in [0.3, 0.4) is 0 Å². The number of alkyl carbamates (subject to hydrolysis) is 1. The van der Waals surface area contributed by atoms with E-state index < -0.39 is 30.1 Å². The molecule has 186 valence electrons. The molecular formula is C24H29N5O5S. The number of carbonyl (C=O) groups excluding carboxylic acids is 2. The molecule has 0 aliphatic heterocycles. The van der Waals surface area contributed by atoms with Crippen LogP contribution < -0.4 is 22.1 Å². The van der Waals surface area contributed by atoms with Crippen molar-refractivity contribution in [2.75, 3.05) is 18.9 Å². The molecule has 0 bridgehead atoms. The average Bonchev–Trinajstić information content (AvgIpc) is 3.16. The van der Waals surface area contributed by atoms with Gasteiger partial charge in [0.05, 0.1) is 0 Å². The largest absolute Gasteiger partial charge is 0.480 e. The highest BCUT2D eigenvalue weighted by Gasteiger charge is 2.30. The summed E-state index contributed by atoms with van der Waals surface area (Å²) in [6.07, 6.45) is -0.330. The van der Waals surface area contributed by atoms with Crippen LogP contribution in [0.2, 0.25) is 0 Å². The van der Waals surface area contributed by atoms with Crippen LogP contribution in [0.5, 0.6) is 0 Å². The van der Waals surface area contributed by atoms with Crippen LogP contribution in [0, 0.1) is 0 Å². The number of aliphatic imine (C=N–C) groups is 1. The number of carboxylic acids is 1. The third kappa shape index (κ3) is 6.66. The highest BCUT2D eigenvalue weighted by atomic mass is 32.1. The molecule has 0 unspecified atom stereocenters. The van der Waals surface area contributed by atoms with E-state index in [9.17, 15) is 19.5 Å². The van der Waals surface area contributed by atoms with Crippen molar-refractivity contribution in [3.05, 3.63) is 59.7 Å². The number of carbonyl (C=O) groups is 3. The SMILES string of the molecule is NC(N)=NCCC[C@H](NC(=O)[C@H](CS)NC(=O)OCC1c2ccccc2-c2ccccc21)C(=O)O. The first-order chi connectivity index (χ1) is 16.8.